The van der Waals surface area contributed by atoms with Crippen LogP contribution in [0.2, 0.25) is 0 Å². The minimum atomic E-state index is -0.0980. The van der Waals surface area contributed by atoms with Crippen LogP contribution >= 0.6 is 0 Å². The van der Waals surface area contributed by atoms with Gasteiger partial charge in [0.15, 0.2) is 5.76 Å². The number of ketones is 1. The molecule has 0 bridgehead atoms. The lowest BCUT2D eigenvalue weighted by Gasteiger charge is -2.33. The Morgan fingerprint density at radius 2 is 1.91 bits per heavy atom. The zero-order valence-corrected chi connectivity index (χ0v) is 18.6. The minimum absolute atomic E-state index is 0.0980. The molecule has 0 atom stereocenters. The summed E-state index contributed by atoms with van der Waals surface area (Å²) in [5.74, 6) is 2.40. The fourth-order valence-electron chi connectivity index (χ4n) is 4.43. The first-order valence-corrected chi connectivity index (χ1v) is 11.0. The summed E-state index contributed by atoms with van der Waals surface area (Å²) in [6.07, 6.45) is 1.76. The van der Waals surface area contributed by atoms with E-state index in [9.17, 15) is 4.79 Å². The van der Waals surface area contributed by atoms with E-state index in [2.05, 4.69) is 9.80 Å². The molecule has 0 radical (unpaired) electrons. The zero-order valence-electron chi connectivity index (χ0n) is 18.6. The zero-order chi connectivity index (χ0) is 22.1. The summed E-state index contributed by atoms with van der Waals surface area (Å²) in [7, 11) is 1.62. The fraction of sp³-hybridized carbons (Fsp3) is 0.400. The summed E-state index contributed by atoms with van der Waals surface area (Å²) in [4.78, 5) is 17.8. The van der Waals surface area contributed by atoms with Crippen molar-refractivity contribution >= 4 is 11.9 Å². The van der Waals surface area contributed by atoms with E-state index in [0.717, 1.165) is 74.1 Å². The molecule has 3 aliphatic rings. The lowest BCUT2D eigenvalue weighted by Crippen LogP contribution is -2.43. The van der Waals surface area contributed by atoms with Gasteiger partial charge in [-0.2, -0.15) is 0 Å². The number of ether oxygens (including phenoxy) is 4. The molecule has 0 N–H and O–H groups in total. The van der Waals surface area contributed by atoms with Gasteiger partial charge in [-0.3, -0.25) is 14.6 Å². The quantitative estimate of drug-likeness (QED) is 0.668. The Morgan fingerprint density at radius 1 is 1.09 bits per heavy atom. The summed E-state index contributed by atoms with van der Waals surface area (Å²) in [5.41, 5.74) is 3.38. The Labute approximate surface area is 188 Å². The van der Waals surface area contributed by atoms with Crippen LogP contribution in [0.1, 0.15) is 27.0 Å². The fourth-order valence-corrected chi connectivity index (χ4v) is 4.43. The first kappa shape index (κ1) is 21.0. The summed E-state index contributed by atoms with van der Waals surface area (Å²) >= 11 is 0. The van der Waals surface area contributed by atoms with Gasteiger partial charge in [-0.1, -0.05) is 12.1 Å². The van der Waals surface area contributed by atoms with Crippen LogP contribution in [0.25, 0.3) is 6.08 Å². The molecule has 2 aromatic carbocycles. The van der Waals surface area contributed by atoms with Gasteiger partial charge < -0.3 is 18.9 Å². The number of rotatable bonds is 5. The van der Waals surface area contributed by atoms with Crippen LogP contribution in [-0.4, -0.2) is 68.8 Å². The number of morpholine rings is 1. The van der Waals surface area contributed by atoms with Crippen LogP contribution in [0.4, 0.5) is 0 Å². The highest BCUT2D eigenvalue weighted by molar-refractivity contribution is 6.15. The lowest BCUT2D eigenvalue weighted by molar-refractivity contribution is 0.0239. The third-order valence-electron chi connectivity index (χ3n) is 6.23. The minimum Gasteiger partial charge on any atom is -0.497 e. The Morgan fingerprint density at radius 3 is 2.72 bits per heavy atom. The number of fused-ring (bicyclic) bond motifs is 2. The van der Waals surface area contributed by atoms with Crippen molar-refractivity contribution in [2.75, 3.05) is 53.2 Å². The van der Waals surface area contributed by atoms with Crippen molar-refractivity contribution in [2.24, 2.45) is 0 Å². The van der Waals surface area contributed by atoms with Gasteiger partial charge in [0.05, 0.1) is 25.9 Å². The van der Waals surface area contributed by atoms with Crippen molar-refractivity contribution in [3.63, 3.8) is 0 Å². The van der Waals surface area contributed by atoms with Gasteiger partial charge in [0, 0.05) is 43.9 Å². The van der Waals surface area contributed by atoms with E-state index in [1.165, 1.54) is 0 Å². The molecule has 0 unspecified atom stereocenters. The third-order valence-corrected chi connectivity index (χ3v) is 6.23. The predicted molar refractivity (Wildman–Crippen MR) is 120 cm³/mol. The number of Topliss-reactive ketones (excluding diaryl/α,β-unsaturated/α-hetero) is 1. The number of hydrogen-bond acceptors (Lipinski definition) is 7. The van der Waals surface area contributed by atoms with Crippen molar-refractivity contribution < 1.29 is 23.7 Å². The normalized spacial score (nSPS) is 19.9. The number of nitrogens with zero attached hydrogens (tertiary/aromatic N) is 2. The average molecular weight is 437 g/mol. The van der Waals surface area contributed by atoms with E-state index >= 15 is 0 Å². The highest BCUT2D eigenvalue weighted by Gasteiger charge is 2.33. The molecule has 7 nitrogen and oxygen atoms in total. The molecule has 1 saturated heterocycles. The number of carbonyl (C=O) groups is 1. The number of methoxy groups -OCH3 is 1. The highest BCUT2D eigenvalue weighted by atomic mass is 16.5. The van der Waals surface area contributed by atoms with Crippen LogP contribution in [-0.2, 0) is 11.3 Å². The monoisotopic (exact) mass is 436 g/mol. The molecule has 32 heavy (non-hydrogen) atoms. The molecule has 2 aromatic rings. The molecule has 3 heterocycles. The first-order valence-electron chi connectivity index (χ1n) is 11.0. The molecule has 5 rings (SSSR count). The number of carbonyl (C=O) groups excluding carboxylic acids is 1. The van der Waals surface area contributed by atoms with Crippen LogP contribution < -0.4 is 14.2 Å². The first-order chi connectivity index (χ1) is 15.6. The third kappa shape index (κ3) is 4.11. The van der Waals surface area contributed by atoms with Crippen LogP contribution in [0.5, 0.6) is 17.2 Å². The molecule has 0 aromatic heterocycles. The molecule has 0 amide bonds. The van der Waals surface area contributed by atoms with Gasteiger partial charge in [-0.25, -0.2) is 0 Å². The second kappa shape index (κ2) is 8.94. The van der Waals surface area contributed by atoms with E-state index in [1.54, 1.807) is 13.2 Å². The molecule has 0 spiro atoms. The van der Waals surface area contributed by atoms with E-state index in [1.807, 2.05) is 37.3 Å². The molecule has 0 saturated carbocycles. The van der Waals surface area contributed by atoms with Gasteiger partial charge in [0.2, 0.25) is 5.78 Å². The maximum atomic E-state index is 13.1. The summed E-state index contributed by atoms with van der Waals surface area (Å²) in [6.45, 7) is 8.73. The van der Waals surface area contributed by atoms with E-state index in [-0.39, 0.29) is 5.78 Å². The van der Waals surface area contributed by atoms with E-state index in [0.29, 0.717) is 23.8 Å². The largest absolute Gasteiger partial charge is 0.497 e. The standard InChI is InChI=1S/C25H28N2O5/c1-17-24-19(15-27(16-31-24)7-6-26-8-10-30-11-9-26)14-21-23(28)22(32-25(17)21)13-18-4-3-5-20(12-18)29-2/h3-5,12-14H,6-11,15-16H2,1-2H3. The second-order valence-electron chi connectivity index (χ2n) is 8.36. The lowest BCUT2D eigenvalue weighted by atomic mass is 10.00. The molecule has 3 aliphatic heterocycles. The molecule has 7 heteroatoms. The Kier molecular flexibility index (Phi) is 5.87. The van der Waals surface area contributed by atoms with Gasteiger partial charge in [0.1, 0.15) is 24.0 Å². The second-order valence-corrected chi connectivity index (χ2v) is 8.36. The maximum absolute atomic E-state index is 13.1. The predicted octanol–water partition coefficient (Wildman–Crippen LogP) is 3.10. The Hall–Kier alpha value is -2.87. The number of benzene rings is 2. The summed E-state index contributed by atoms with van der Waals surface area (Å²) in [5, 5.41) is 0. The van der Waals surface area contributed by atoms with Crippen LogP contribution in [0, 0.1) is 6.92 Å². The molecule has 1 fully saturated rings. The number of hydrogen-bond donors (Lipinski definition) is 0. The van der Waals surface area contributed by atoms with E-state index < -0.39 is 0 Å². The van der Waals surface area contributed by atoms with Crippen molar-refractivity contribution in [1.29, 1.82) is 0 Å². The maximum Gasteiger partial charge on any atom is 0.231 e. The van der Waals surface area contributed by atoms with Crippen LogP contribution in [0.3, 0.4) is 0 Å². The molecular weight excluding hydrogens is 408 g/mol. The molecule has 0 aliphatic carbocycles. The van der Waals surface area contributed by atoms with Gasteiger partial charge in [0.25, 0.3) is 0 Å². The van der Waals surface area contributed by atoms with Gasteiger partial charge >= 0.3 is 0 Å². The summed E-state index contributed by atoms with van der Waals surface area (Å²) < 4.78 is 22.8. The van der Waals surface area contributed by atoms with Crippen molar-refractivity contribution in [2.45, 2.75) is 13.5 Å². The van der Waals surface area contributed by atoms with Crippen molar-refractivity contribution in [3.05, 3.63) is 58.3 Å². The number of allylic oxidation sites excluding steroid dienone is 1. The SMILES string of the molecule is COc1cccc(C=C2Oc3c(cc4c(c3C)OCN(CCN3CCOCC3)C4)C2=O)c1. The topological polar surface area (TPSA) is 60.5 Å². The van der Waals surface area contributed by atoms with E-state index in [4.69, 9.17) is 18.9 Å². The molecule has 168 valence electrons. The van der Waals surface area contributed by atoms with Crippen LogP contribution in [0.15, 0.2) is 36.1 Å². The van der Waals surface area contributed by atoms with Gasteiger partial charge in [-0.05, 0) is 36.8 Å². The smallest absolute Gasteiger partial charge is 0.231 e. The van der Waals surface area contributed by atoms with Crippen molar-refractivity contribution in [3.8, 4) is 17.2 Å². The Balaban J connectivity index is 1.34. The summed E-state index contributed by atoms with van der Waals surface area (Å²) in [6, 6.07) is 9.49. The Bertz CT molecular complexity index is 1060. The molecular formula is C25H28N2O5. The highest BCUT2D eigenvalue weighted by Crippen LogP contribution is 2.43. The van der Waals surface area contributed by atoms with Gasteiger partial charge in [-0.15, -0.1) is 0 Å². The van der Waals surface area contributed by atoms with Crippen molar-refractivity contribution in [1.82, 2.24) is 9.80 Å². The average Bonchev–Trinajstić information content (AvgIpc) is 3.14.